The van der Waals surface area contributed by atoms with Gasteiger partial charge in [0.2, 0.25) is 0 Å². The second-order valence-corrected chi connectivity index (χ2v) is 6.31. The molecule has 134 valence electrons. The number of nitrogens with one attached hydrogen (secondary N) is 2. The normalized spacial score (nSPS) is 15.5. The Labute approximate surface area is 153 Å². The van der Waals surface area contributed by atoms with Crippen LogP contribution in [-0.4, -0.2) is 40.7 Å². The van der Waals surface area contributed by atoms with Crippen LogP contribution < -0.4 is 5.43 Å². The second kappa shape index (κ2) is 9.74. The molecule has 1 aromatic rings. The van der Waals surface area contributed by atoms with Crippen molar-refractivity contribution >= 4 is 41.0 Å². The third-order valence-corrected chi connectivity index (χ3v) is 4.52. The van der Waals surface area contributed by atoms with E-state index in [0.29, 0.717) is 12.2 Å². The number of aliphatic imine (C=N–C) groups is 1. The molecule has 2 heterocycles. The lowest BCUT2D eigenvalue weighted by molar-refractivity contribution is 0.0525. The quantitative estimate of drug-likeness (QED) is 0.592. The van der Waals surface area contributed by atoms with Crippen molar-refractivity contribution in [1.82, 2.24) is 10.4 Å². The van der Waals surface area contributed by atoms with Gasteiger partial charge in [0, 0.05) is 18.0 Å². The van der Waals surface area contributed by atoms with Crippen LogP contribution in [0.25, 0.3) is 0 Å². The van der Waals surface area contributed by atoms with Gasteiger partial charge in [-0.05, 0) is 32.8 Å². The van der Waals surface area contributed by atoms with Gasteiger partial charge < -0.3 is 9.72 Å². The topological polar surface area (TPSA) is 78.8 Å². The van der Waals surface area contributed by atoms with Gasteiger partial charge in [0.1, 0.15) is 0 Å². The molecule has 24 heavy (non-hydrogen) atoms. The van der Waals surface area contributed by atoms with Crippen molar-refractivity contribution in [2.45, 2.75) is 40.5 Å². The maximum atomic E-state index is 12.1. The van der Waals surface area contributed by atoms with Crippen LogP contribution in [0.5, 0.6) is 0 Å². The molecule has 0 fully saturated rings. The molecule has 0 bridgehead atoms. The van der Waals surface area contributed by atoms with E-state index < -0.39 is 0 Å². The number of halogens is 1. The van der Waals surface area contributed by atoms with E-state index in [4.69, 9.17) is 4.74 Å². The first kappa shape index (κ1) is 20.6. The maximum Gasteiger partial charge on any atom is 0.340 e. The maximum absolute atomic E-state index is 12.1. The van der Waals surface area contributed by atoms with E-state index in [0.717, 1.165) is 53.0 Å². The molecule has 0 saturated carbocycles. The predicted octanol–water partition coefficient (Wildman–Crippen LogP) is 3.43. The zero-order chi connectivity index (χ0) is 16.8. The van der Waals surface area contributed by atoms with E-state index >= 15 is 0 Å². The standard InChI is InChI=1S/C16H24N4O2S.ClH/c1-5-7-8-17-16-20-19-12(9-23-16)14-10(3)13(11(4)18-14)15(21)22-6-2;/h18H,5-9H2,1-4H3,(H,17,20);1H. The second-order valence-electron chi connectivity index (χ2n) is 5.34. The summed E-state index contributed by atoms with van der Waals surface area (Å²) >= 11 is 1.63. The number of nitrogens with zero attached hydrogens (tertiary/aromatic N) is 2. The van der Waals surface area contributed by atoms with E-state index in [-0.39, 0.29) is 18.4 Å². The van der Waals surface area contributed by atoms with E-state index in [1.807, 2.05) is 13.8 Å². The number of aryl methyl sites for hydroxylation is 1. The number of carbonyl (C=O) groups is 1. The molecule has 1 aliphatic heterocycles. The summed E-state index contributed by atoms with van der Waals surface area (Å²) in [5.41, 5.74) is 7.08. The lowest BCUT2D eigenvalue weighted by Crippen LogP contribution is -2.26. The molecule has 0 amide bonds. The minimum Gasteiger partial charge on any atom is -0.462 e. The molecule has 0 atom stereocenters. The van der Waals surface area contributed by atoms with Gasteiger partial charge in [-0.1, -0.05) is 25.1 Å². The molecule has 6 nitrogen and oxygen atoms in total. The van der Waals surface area contributed by atoms with Crippen LogP contribution in [0, 0.1) is 13.8 Å². The van der Waals surface area contributed by atoms with E-state index in [9.17, 15) is 4.79 Å². The Balaban J connectivity index is 0.00000288. The molecule has 8 heteroatoms. The molecule has 1 aromatic heterocycles. The molecule has 0 aromatic carbocycles. The van der Waals surface area contributed by atoms with Crippen molar-refractivity contribution in [3.8, 4) is 0 Å². The first-order valence-electron chi connectivity index (χ1n) is 7.94. The minimum absolute atomic E-state index is 0. The highest BCUT2D eigenvalue weighted by molar-refractivity contribution is 8.14. The van der Waals surface area contributed by atoms with Gasteiger partial charge in [0.25, 0.3) is 0 Å². The number of aromatic amines is 1. The number of unbranched alkanes of at least 4 members (excludes halogenated alkanes) is 1. The van der Waals surface area contributed by atoms with Crippen LogP contribution >= 0.6 is 24.2 Å². The molecule has 0 spiro atoms. The van der Waals surface area contributed by atoms with Crippen molar-refractivity contribution < 1.29 is 9.53 Å². The number of hydrogen-bond acceptors (Lipinski definition) is 5. The van der Waals surface area contributed by atoms with Gasteiger partial charge in [-0.25, -0.2) is 4.79 Å². The molecular weight excluding hydrogens is 348 g/mol. The van der Waals surface area contributed by atoms with Crippen LogP contribution in [-0.2, 0) is 4.74 Å². The van der Waals surface area contributed by atoms with Gasteiger partial charge in [-0.15, -0.1) is 12.4 Å². The highest BCUT2D eigenvalue weighted by atomic mass is 35.5. The van der Waals surface area contributed by atoms with Crippen LogP contribution in [0.3, 0.4) is 0 Å². The zero-order valence-corrected chi connectivity index (χ0v) is 16.2. The number of esters is 1. The first-order chi connectivity index (χ1) is 11.1. The van der Waals surface area contributed by atoms with Gasteiger partial charge in [0.15, 0.2) is 5.17 Å². The summed E-state index contributed by atoms with van der Waals surface area (Å²) < 4.78 is 5.12. The number of hydrogen-bond donors (Lipinski definition) is 2. The number of rotatable bonds is 6. The first-order valence-corrected chi connectivity index (χ1v) is 8.93. The number of aromatic nitrogens is 1. The highest BCUT2D eigenvalue weighted by Gasteiger charge is 2.23. The van der Waals surface area contributed by atoms with Crippen LogP contribution in [0.2, 0.25) is 0 Å². The van der Waals surface area contributed by atoms with Crippen molar-refractivity contribution in [3.63, 3.8) is 0 Å². The average molecular weight is 373 g/mol. The van der Waals surface area contributed by atoms with Gasteiger partial charge in [-0.2, -0.15) is 5.10 Å². The summed E-state index contributed by atoms with van der Waals surface area (Å²) in [7, 11) is 0. The van der Waals surface area contributed by atoms with E-state index in [1.54, 1.807) is 18.7 Å². The minimum atomic E-state index is -0.288. The Morgan fingerprint density at radius 3 is 2.71 bits per heavy atom. The lowest BCUT2D eigenvalue weighted by Gasteiger charge is -2.14. The summed E-state index contributed by atoms with van der Waals surface area (Å²) in [4.78, 5) is 19.8. The fraction of sp³-hybridized carbons (Fsp3) is 0.562. The predicted molar refractivity (Wildman–Crippen MR) is 103 cm³/mol. The molecule has 2 N–H and O–H groups in total. The van der Waals surface area contributed by atoms with Crippen molar-refractivity contribution in [3.05, 3.63) is 22.5 Å². The molecule has 0 radical (unpaired) electrons. The zero-order valence-electron chi connectivity index (χ0n) is 14.6. The molecule has 1 aliphatic rings. The van der Waals surface area contributed by atoms with E-state index in [2.05, 4.69) is 27.4 Å². The Hall–Kier alpha value is -1.47. The van der Waals surface area contributed by atoms with Gasteiger partial charge in [-0.3, -0.25) is 10.4 Å². The third-order valence-electron chi connectivity index (χ3n) is 3.60. The molecule has 0 aliphatic carbocycles. The number of ether oxygens (including phenoxy) is 1. The fourth-order valence-corrected chi connectivity index (χ4v) is 3.19. The monoisotopic (exact) mass is 372 g/mol. The number of amidine groups is 1. The lowest BCUT2D eigenvalue weighted by atomic mass is 10.1. The van der Waals surface area contributed by atoms with Crippen molar-refractivity contribution in [2.75, 3.05) is 18.9 Å². The van der Waals surface area contributed by atoms with Crippen molar-refractivity contribution in [1.29, 1.82) is 0 Å². The Kier molecular flexibility index (Phi) is 8.35. The summed E-state index contributed by atoms with van der Waals surface area (Å²) in [5.74, 6) is 0.435. The van der Waals surface area contributed by atoms with Gasteiger partial charge in [0.05, 0.1) is 23.6 Å². The highest BCUT2D eigenvalue weighted by Crippen LogP contribution is 2.22. The summed E-state index contributed by atoms with van der Waals surface area (Å²) in [6, 6.07) is 0. The van der Waals surface area contributed by atoms with Crippen molar-refractivity contribution in [2.24, 2.45) is 10.1 Å². The fourth-order valence-electron chi connectivity index (χ4n) is 2.41. The van der Waals surface area contributed by atoms with E-state index in [1.165, 1.54) is 0 Å². The van der Waals surface area contributed by atoms with Crippen LogP contribution in [0.15, 0.2) is 10.1 Å². The summed E-state index contributed by atoms with van der Waals surface area (Å²) in [5, 5.41) is 5.27. The Bertz CT molecular complexity index is 640. The number of H-pyrrole nitrogens is 1. The average Bonchev–Trinajstić information content (AvgIpc) is 2.83. The summed E-state index contributed by atoms with van der Waals surface area (Å²) in [6.45, 7) is 8.95. The number of thioether (sulfide) groups is 1. The number of hydrazone groups is 1. The summed E-state index contributed by atoms with van der Waals surface area (Å²) in [6.07, 6.45) is 2.22. The van der Waals surface area contributed by atoms with Crippen LogP contribution in [0.1, 0.15) is 54.0 Å². The molecule has 0 unspecified atom stereocenters. The van der Waals surface area contributed by atoms with Gasteiger partial charge >= 0.3 is 5.97 Å². The molecular formula is C16H25ClN4O2S. The number of carbonyl (C=O) groups excluding carboxylic acids is 1. The Morgan fingerprint density at radius 2 is 2.12 bits per heavy atom. The smallest absolute Gasteiger partial charge is 0.340 e. The largest absolute Gasteiger partial charge is 0.462 e. The third kappa shape index (κ3) is 4.77. The van der Waals surface area contributed by atoms with Crippen LogP contribution in [0.4, 0.5) is 0 Å². The molecule has 0 saturated heterocycles. The Morgan fingerprint density at radius 1 is 1.38 bits per heavy atom. The molecule has 2 rings (SSSR count). The SMILES string of the molecule is CCCCN=C1NN=C(c2[nH]c(C)c(C(=O)OCC)c2C)CS1.Cl.